The first kappa shape index (κ1) is 13.0. The van der Waals surface area contributed by atoms with E-state index < -0.39 is 0 Å². The van der Waals surface area contributed by atoms with Gasteiger partial charge in [-0.25, -0.2) is 0 Å². The zero-order valence-corrected chi connectivity index (χ0v) is 10.9. The number of anilines is 1. The van der Waals surface area contributed by atoms with E-state index in [4.69, 9.17) is 0 Å². The highest BCUT2D eigenvalue weighted by Crippen LogP contribution is 2.13. The molecule has 0 saturated heterocycles. The molecule has 1 rings (SSSR count). The van der Waals surface area contributed by atoms with Crippen LogP contribution in [0.2, 0.25) is 0 Å². The average molecular weight is 240 g/mol. The molecular formula is C12H20N2OS. The fourth-order valence-electron chi connectivity index (χ4n) is 1.54. The number of nitrogens with one attached hydrogen (secondary N) is 2. The molecule has 4 heteroatoms. The second kappa shape index (κ2) is 6.53. The molecule has 90 valence electrons. The SMILES string of the molecule is CCCC(C)NC(=O)C(C)Nc1ccsc1. The minimum Gasteiger partial charge on any atom is -0.373 e. The zero-order valence-electron chi connectivity index (χ0n) is 10.1. The Morgan fingerprint density at radius 1 is 1.50 bits per heavy atom. The van der Waals surface area contributed by atoms with Gasteiger partial charge in [-0.05, 0) is 31.7 Å². The third-order valence-electron chi connectivity index (χ3n) is 2.41. The Morgan fingerprint density at radius 2 is 2.25 bits per heavy atom. The van der Waals surface area contributed by atoms with Crippen LogP contribution in [-0.2, 0) is 4.79 Å². The smallest absolute Gasteiger partial charge is 0.242 e. The molecule has 0 aromatic carbocycles. The zero-order chi connectivity index (χ0) is 12.0. The van der Waals surface area contributed by atoms with Crippen LogP contribution in [0, 0.1) is 0 Å². The van der Waals surface area contributed by atoms with Crippen LogP contribution < -0.4 is 10.6 Å². The van der Waals surface area contributed by atoms with Gasteiger partial charge in [-0.2, -0.15) is 11.3 Å². The molecule has 1 amide bonds. The van der Waals surface area contributed by atoms with Crippen molar-refractivity contribution in [2.45, 2.75) is 45.7 Å². The van der Waals surface area contributed by atoms with Crippen LogP contribution in [-0.4, -0.2) is 18.0 Å². The van der Waals surface area contributed by atoms with E-state index in [0.29, 0.717) is 0 Å². The molecule has 0 aliphatic heterocycles. The molecule has 2 unspecified atom stereocenters. The summed E-state index contributed by atoms with van der Waals surface area (Å²) in [6.45, 7) is 6.04. The van der Waals surface area contributed by atoms with Crippen molar-refractivity contribution in [3.63, 3.8) is 0 Å². The Kier molecular flexibility index (Phi) is 5.32. The lowest BCUT2D eigenvalue weighted by molar-refractivity contribution is -0.122. The van der Waals surface area contributed by atoms with Crippen LogP contribution in [0.1, 0.15) is 33.6 Å². The number of carbonyl (C=O) groups is 1. The topological polar surface area (TPSA) is 41.1 Å². The molecular weight excluding hydrogens is 220 g/mol. The largest absolute Gasteiger partial charge is 0.373 e. The first-order valence-electron chi connectivity index (χ1n) is 5.72. The number of hydrogen-bond donors (Lipinski definition) is 2. The van der Waals surface area contributed by atoms with E-state index in [-0.39, 0.29) is 18.0 Å². The second-order valence-electron chi connectivity index (χ2n) is 4.08. The van der Waals surface area contributed by atoms with Gasteiger partial charge in [-0.15, -0.1) is 0 Å². The van der Waals surface area contributed by atoms with Gasteiger partial charge in [-0.1, -0.05) is 13.3 Å². The van der Waals surface area contributed by atoms with Crippen LogP contribution in [0.4, 0.5) is 5.69 Å². The third-order valence-corrected chi connectivity index (χ3v) is 3.09. The van der Waals surface area contributed by atoms with E-state index in [1.807, 2.05) is 30.7 Å². The summed E-state index contributed by atoms with van der Waals surface area (Å²) in [5.41, 5.74) is 1.01. The maximum atomic E-state index is 11.8. The van der Waals surface area contributed by atoms with Gasteiger partial charge < -0.3 is 10.6 Å². The van der Waals surface area contributed by atoms with Crippen molar-refractivity contribution in [2.75, 3.05) is 5.32 Å². The highest BCUT2D eigenvalue weighted by atomic mass is 32.1. The molecule has 2 atom stereocenters. The Labute approximate surface area is 101 Å². The summed E-state index contributed by atoms with van der Waals surface area (Å²) in [5.74, 6) is 0.0622. The van der Waals surface area contributed by atoms with E-state index in [2.05, 4.69) is 17.6 Å². The molecule has 0 bridgehead atoms. The van der Waals surface area contributed by atoms with Gasteiger partial charge >= 0.3 is 0 Å². The molecule has 1 aromatic rings. The fraction of sp³-hybridized carbons (Fsp3) is 0.583. The Hall–Kier alpha value is -1.03. The average Bonchev–Trinajstić information content (AvgIpc) is 2.70. The number of thiophene rings is 1. The monoisotopic (exact) mass is 240 g/mol. The Bertz CT molecular complexity index is 311. The Balaban J connectivity index is 2.36. The minimum absolute atomic E-state index is 0.0622. The normalized spacial score (nSPS) is 14.2. The number of hydrogen-bond acceptors (Lipinski definition) is 3. The second-order valence-corrected chi connectivity index (χ2v) is 4.86. The van der Waals surface area contributed by atoms with Crippen LogP contribution in [0.15, 0.2) is 16.8 Å². The van der Waals surface area contributed by atoms with Crippen LogP contribution in [0.3, 0.4) is 0 Å². The first-order chi connectivity index (χ1) is 7.63. The number of amides is 1. The van der Waals surface area contributed by atoms with E-state index in [1.165, 1.54) is 0 Å². The van der Waals surface area contributed by atoms with Crippen molar-refractivity contribution in [2.24, 2.45) is 0 Å². The maximum Gasteiger partial charge on any atom is 0.242 e. The lowest BCUT2D eigenvalue weighted by atomic mass is 10.2. The predicted molar refractivity (Wildman–Crippen MR) is 69.9 cm³/mol. The molecule has 0 aliphatic carbocycles. The molecule has 2 N–H and O–H groups in total. The molecule has 0 radical (unpaired) electrons. The highest BCUT2D eigenvalue weighted by Gasteiger charge is 2.14. The van der Waals surface area contributed by atoms with E-state index >= 15 is 0 Å². The van der Waals surface area contributed by atoms with Gasteiger partial charge in [0.15, 0.2) is 0 Å². The Morgan fingerprint density at radius 3 is 2.81 bits per heavy atom. The number of carbonyl (C=O) groups excluding carboxylic acids is 1. The van der Waals surface area contributed by atoms with Crippen molar-refractivity contribution in [1.82, 2.24) is 5.32 Å². The summed E-state index contributed by atoms with van der Waals surface area (Å²) in [7, 11) is 0. The van der Waals surface area contributed by atoms with Crippen molar-refractivity contribution in [3.05, 3.63) is 16.8 Å². The first-order valence-corrected chi connectivity index (χ1v) is 6.67. The van der Waals surface area contributed by atoms with Gasteiger partial charge in [0.05, 0.1) is 0 Å². The predicted octanol–water partition coefficient (Wildman–Crippen LogP) is 2.85. The highest BCUT2D eigenvalue weighted by molar-refractivity contribution is 7.08. The van der Waals surface area contributed by atoms with Gasteiger partial charge in [0.2, 0.25) is 5.91 Å². The molecule has 1 heterocycles. The number of rotatable bonds is 6. The molecule has 16 heavy (non-hydrogen) atoms. The molecule has 0 spiro atoms. The van der Waals surface area contributed by atoms with Crippen molar-refractivity contribution < 1.29 is 4.79 Å². The molecule has 0 aliphatic rings. The van der Waals surface area contributed by atoms with Gasteiger partial charge in [0.1, 0.15) is 6.04 Å². The summed E-state index contributed by atoms with van der Waals surface area (Å²) in [5, 5.41) is 10.2. The standard InChI is InChI=1S/C12H20N2OS/c1-4-5-9(2)13-12(15)10(3)14-11-6-7-16-8-11/h6-10,14H,4-5H2,1-3H3,(H,13,15). The van der Waals surface area contributed by atoms with Crippen LogP contribution in [0.5, 0.6) is 0 Å². The quantitative estimate of drug-likeness (QED) is 0.802. The lowest BCUT2D eigenvalue weighted by Crippen LogP contribution is -2.42. The van der Waals surface area contributed by atoms with Crippen LogP contribution >= 0.6 is 11.3 Å². The minimum atomic E-state index is -0.186. The van der Waals surface area contributed by atoms with Gasteiger partial charge in [0, 0.05) is 17.1 Å². The van der Waals surface area contributed by atoms with E-state index in [1.54, 1.807) is 11.3 Å². The van der Waals surface area contributed by atoms with Crippen molar-refractivity contribution in [1.29, 1.82) is 0 Å². The molecule has 0 saturated carbocycles. The molecule has 1 aromatic heterocycles. The van der Waals surface area contributed by atoms with E-state index in [9.17, 15) is 4.79 Å². The summed E-state index contributed by atoms with van der Waals surface area (Å²) in [4.78, 5) is 11.8. The van der Waals surface area contributed by atoms with Gasteiger partial charge in [-0.3, -0.25) is 4.79 Å². The summed E-state index contributed by atoms with van der Waals surface area (Å²) < 4.78 is 0. The summed E-state index contributed by atoms with van der Waals surface area (Å²) in [6.07, 6.45) is 2.12. The third kappa shape index (κ3) is 4.23. The van der Waals surface area contributed by atoms with Crippen molar-refractivity contribution >= 4 is 22.9 Å². The van der Waals surface area contributed by atoms with Crippen molar-refractivity contribution in [3.8, 4) is 0 Å². The van der Waals surface area contributed by atoms with Gasteiger partial charge in [0.25, 0.3) is 0 Å². The summed E-state index contributed by atoms with van der Waals surface area (Å²) in [6, 6.07) is 2.04. The molecule has 0 fully saturated rings. The lowest BCUT2D eigenvalue weighted by Gasteiger charge is -2.18. The van der Waals surface area contributed by atoms with Crippen LogP contribution in [0.25, 0.3) is 0 Å². The maximum absolute atomic E-state index is 11.8. The van der Waals surface area contributed by atoms with E-state index in [0.717, 1.165) is 18.5 Å². The molecule has 3 nitrogen and oxygen atoms in total. The summed E-state index contributed by atoms with van der Waals surface area (Å²) >= 11 is 1.62. The fourth-order valence-corrected chi connectivity index (χ4v) is 2.13.